The molecule has 25 heavy (non-hydrogen) atoms. The van der Waals surface area contributed by atoms with Crippen molar-refractivity contribution in [3.8, 4) is 5.75 Å². The van der Waals surface area contributed by atoms with Crippen LogP contribution in [0.4, 0.5) is 4.39 Å². The summed E-state index contributed by atoms with van der Waals surface area (Å²) in [5, 5.41) is 14.8. The number of amides is 1. The highest BCUT2D eigenvalue weighted by Crippen LogP contribution is 2.48. The van der Waals surface area contributed by atoms with Crippen LogP contribution in [-0.4, -0.2) is 11.0 Å². The molecule has 0 aromatic heterocycles. The number of halogens is 1. The van der Waals surface area contributed by atoms with Crippen LogP contribution in [0.3, 0.4) is 0 Å². The van der Waals surface area contributed by atoms with Crippen molar-refractivity contribution in [2.45, 2.75) is 25.3 Å². The van der Waals surface area contributed by atoms with Crippen molar-refractivity contribution >= 4 is 16.7 Å². The fourth-order valence-corrected chi connectivity index (χ4v) is 3.45. The lowest BCUT2D eigenvalue weighted by molar-refractivity contribution is 0.0925. The van der Waals surface area contributed by atoms with Crippen LogP contribution in [0.15, 0.2) is 54.6 Å². The molecule has 0 saturated heterocycles. The number of hydrogen-bond donors (Lipinski definition) is 2. The molecule has 0 bridgehead atoms. The number of phenols is 1. The molecule has 1 saturated carbocycles. The Bertz CT molecular complexity index is 987. The van der Waals surface area contributed by atoms with E-state index in [4.69, 9.17) is 0 Å². The van der Waals surface area contributed by atoms with Crippen molar-refractivity contribution in [1.29, 1.82) is 0 Å². The minimum absolute atomic E-state index is 0.0912. The fourth-order valence-electron chi connectivity index (χ4n) is 3.45. The van der Waals surface area contributed by atoms with Crippen LogP contribution in [0.1, 0.15) is 34.3 Å². The predicted octanol–water partition coefficient (Wildman–Crippen LogP) is 4.41. The van der Waals surface area contributed by atoms with E-state index in [1.165, 1.54) is 6.07 Å². The van der Waals surface area contributed by atoms with Crippen LogP contribution >= 0.6 is 0 Å². The Hall–Kier alpha value is -2.88. The summed E-state index contributed by atoms with van der Waals surface area (Å²) in [6, 6.07) is 16.9. The minimum atomic E-state index is -0.869. The summed E-state index contributed by atoms with van der Waals surface area (Å²) in [6.45, 7) is 1.66. The largest absolute Gasteiger partial charge is 0.505 e. The second-order valence-corrected chi connectivity index (χ2v) is 6.65. The Morgan fingerprint density at radius 2 is 1.80 bits per heavy atom. The van der Waals surface area contributed by atoms with Crippen LogP contribution in [0.25, 0.3) is 10.8 Å². The average Bonchev–Trinajstić information content (AvgIpc) is 3.38. The normalized spacial score (nSPS) is 15.1. The third kappa shape index (κ3) is 2.54. The van der Waals surface area contributed by atoms with Gasteiger partial charge >= 0.3 is 0 Å². The molecule has 4 heteroatoms. The summed E-state index contributed by atoms with van der Waals surface area (Å²) >= 11 is 0. The molecule has 126 valence electrons. The zero-order chi connectivity index (χ0) is 17.6. The fraction of sp³-hybridized carbons (Fsp3) is 0.190. The maximum atomic E-state index is 14.3. The van der Waals surface area contributed by atoms with Crippen molar-refractivity contribution in [2.75, 3.05) is 0 Å². The van der Waals surface area contributed by atoms with Gasteiger partial charge in [-0.15, -0.1) is 0 Å². The Morgan fingerprint density at radius 3 is 2.56 bits per heavy atom. The minimum Gasteiger partial charge on any atom is -0.505 e. The summed E-state index contributed by atoms with van der Waals surface area (Å²) < 4.78 is 14.3. The molecule has 0 heterocycles. The molecular weight excluding hydrogens is 317 g/mol. The number of aromatic hydroxyl groups is 1. The molecule has 3 nitrogen and oxygen atoms in total. The number of fused-ring (bicyclic) bond motifs is 1. The molecule has 0 atom stereocenters. The molecule has 0 spiro atoms. The number of hydrogen-bond acceptors (Lipinski definition) is 2. The van der Waals surface area contributed by atoms with Gasteiger partial charge in [-0.1, -0.05) is 48.5 Å². The number of nitrogens with one attached hydrogen (secondary N) is 1. The summed E-state index contributed by atoms with van der Waals surface area (Å²) in [4.78, 5) is 12.7. The number of rotatable bonds is 3. The lowest BCUT2D eigenvalue weighted by Gasteiger charge is -2.21. The van der Waals surface area contributed by atoms with Gasteiger partial charge < -0.3 is 10.4 Å². The Kier molecular flexibility index (Phi) is 3.49. The third-order valence-corrected chi connectivity index (χ3v) is 4.96. The Labute approximate surface area is 145 Å². The molecule has 3 aromatic rings. The summed E-state index contributed by atoms with van der Waals surface area (Å²) in [6.07, 6.45) is 1.62. The van der Waals surface area contributed by atoms with E-state index in [0.29, 0.717) is 5.56 Å². The predicted molar refractivity (Wildman–Crippen MR) is 95.1 cm³/mol. The van der Waals surface area contributed by atoms with Crippen molar-refractivity contribution in [2.24, 2.45) is 0 Å². The molecular formula is C21H18FNO2. The second kappa shape index (κ2) is 5.59. The maximum absolute atomic E-state index is 14.3. The zero-order valence-corrected chi connectivity index (χ0v) is 13.8. The molecule has 3 aromatic carbocycles. The average molecular weight is 335 g/mol. The van der Waals surface area contributed by atoms with Gasteiger partial charge in [-0.05, 0) is 47.7 Å². The number of carbonyl (C=O) groups excluding carboxylic acids is 1. The highest BCUT2D eigenvalue weighted by Gasteiger charge is 2.47. The van der Waals surface area contributed by atoms with E-state index in [2.05, 4.69) is 5.32 Å². The van der Waals surface area contributed by atoms with E-state index < -0.39 is 23.0 Å². The van der Waals surface area contributed by atoms with Gasteiger partial charge in [0.2, 0.25) is 0 Å². The highest BCUT2D eigenvalue weighted by atomic mass is 19.1. The quantitative estimate of drug-likeness (QED) is 0.745. The van der Waals surface area contributed by atoms with Crippen molar-refractivity contribution < 1.29 is 14.3 Å². The smallest absolute Gasteiger partial charge is 0.255 e. The lowest BCUT2D eigenvalue weighted by atomic mass is 9.96. The molecule has 1 aliphatic rings. The molecule has 1 aliphatic carbocycles. The number of benzene rings is 3. The van der Waals surface area contributed by atoms with Gasteiger partial charge in [0.05, 0.1) is 11.1 Å². The number of aryl methyl sites for hydroxylation is 1. The maximum Gasteiger partial charge on any atom is 0.255 e. The summed E-state index contributed by atoms with van der Waals surface area (Å²) in [5.41, 5.74) is 0.993. The van der Waals surface area contributed by atoms with Crippen molar-refractivity contribution in [3.05, 3.63) is 77.1 Å². The van der Waals surface area contributed by atoms with Gasteiger partial charge in [-0.3, -0.25) is 4.79 Å². The second-order valence-electron chi connectivity index (χ2n) is 6.65. The van der Waals surface area contributed by atoms with E-state index >= 15 is 0 Å². The van der Waals surface area contributed by atoms with Gasteiger partial charge in [0.15, 0.2) is 11.6 Å². The Morgan fingerprint density at radius 1 is 1.08 bits per heavy atom. The first-order valence-electron chi connectivity index (χ1n) is 8.31. The van der Waals surface area contributed by atoms with Crippen LogP contribution in [0.5, 0.6) is 5.75 Å². The van der Waals surface area contributed by atoms with Gasteiger partial charge in [-0.25, -0.2) is 4.39 Å². The standard InChI is InChI=1S/C21H18FNO2/c1-13-9-10-17(24)19(22)18(13)20(25)23-21(11-12-21)16-8-4-6-14-5-2-3-7-15(14)16/h2-10,24H,11-12H2,1H3,(H,23,25). The molecule has 0 aliphatic heterocycles. The van der Waals surface area contributed by atoms with Crippen LogP contribution in [-0.2, 0) is 5.54 Å². The summed E-state index contributed by atoms with van der Waals surface area (Å²) in [7, 11) is 0. The first-order valence-corrected chi connectivity index (χ1v) is 8.31. The van der Waals surface area contributed by atoms with Gasteiger partial charge in [0.25, 0.3) is 5.91 Å². The van der Waals surface area contributed by atoms with Gasteiger partial charge in [0.1, 0.15) is 0 Å². The third-order valence-electron chi connectivity index (χ3n) is 4.96. The monoisotopic (exact) mass is 335 g/mol. The Balaban J connectivity index is 1.73. The SMILES string of the molecule is Cc1ccc(O)c(F)c1C(=O)NC1(c2cccc3ccccc23)CC1. The van der Waals surface area contributed by atoms with Gasteiger partial charge in [0, 0.05) is 0 Å². The van der Waals surface area contributed by atoms with Crippen molar-refractivity contribution in [3.63, 3.8) is 0 Å². The lowest BCUT2D eigenvalue weighted by Crippen LogP contribution is -2.36. The van der Waals surface area contributed by atoms with E-state index in [1.54, 1.807) is 13.0 Å². The number of carbonyl (C=O) groups is 1. The highest BCUT2D eigenvalue weighted by molar-refractivity contribution is 5.98. The van der Waals surface area contributed by atoms with Crippen molar-refractivity contribution in [1.82, 2.24) is 5.32 Å². The molecule has 0 radical (unpaired) electrons. The van der Waals surface area contributed by atoms with E-state index in [-0.39, 0.29) is 5.56 Å². The number of phenolic OH excluding ortho intramolecular Hbond substituents is 1. The molecule has 2 N–H and O–H groups in total. The van der Waals surface area contributed by atoms with E-state index in [9.17, 15) is 14.3 Å². The zero-order valence-electron chi connectivity index (χ0n) is 13.8. The first-order chi connectivity index (χ1) is 12.0. The van der Waals surface area contributed by atoms with Crippen LogP contribution in [0.2, 0.25) is 0 Å². The molecule has 1 amide bonds. The summed E-state index contributed by atoms with van der Waals surface area (Å²) in [5.74, 6) is -1.87. The van der Waals surface area contributed by atoms with E-state index in [0.717, 1.165) is 29.2 Å². The first kappa shape index (κ1) is 15.6. The topological polar surface area (TPSA) is 49.3 Å². The van der Waals surface area contributed by atoms with Gasteiger partial charge in [-0.2, -0.15) is 0 Å². The molecule has 1 fully saturated rings. The molecule has 4 rings (SSSR count). The van der Waals surface area contributed by atoms with E-state index in [1.807, 2.05) is 42.5 Å². The molecule has 0 unspecified atom stereocenters. The van der Waals surface area contributed by atoms with Crippen LogP contribution in [0, 0.1) is 12.7 Å². The van der Waals surface area contributed by atoms with Crippen LogP contribution < -0.4 is 5.32 Å².